The molecule has 0 aromatic carbocycles. The van der Waals surface area contributed by atoms with Crippen LogP contribution in [0, 0.1) is 6.92 Å². The van der Waals surface area contributed by atoms with Gasteiger partial charge >= 0.3 is 5.97 Å². The molecule has 0 saturated carbocycles. The molecule has 0 fully saturated rings. The Morgan fingerprint density at radius 3 is 2.86 bits per heavy atom. The van der Waals surface area contributed by atoms with Gasteiger partial charge in [0.2, 0.25) is 0 Å². The quantitative estimate of drug-likeness (QED) is 0.680. The van der Waals surface area contributed by atoms with Gasteiger partial charge in [0.1, 0.15) is 5.76 Å². The van der Waals surface area contributed by atoms with Crippen molar-refractivity contribution in [1.29, 1.82) is 0 Å². The van der Waals surface area contributed by atoms with Crippen LogP contribution in [0.4, 0.5) is 0 Å². The van der Waals surface area contributed by atoms with Crippen molar-refractivity contribution < 1.29 is 13.9 Å². The van der Waals surface area contributed by atoms with Crippen LogP contribution in [0.2, 0.25) is 0 Å². The maximum absolute atomic E-state index is 10.9. The van der Waals surface area contributed by atoms with Gasteiger partial charge in [0.15, 0.2) is 0 Å². The molecule has 0 atom stereocenters. The zero-order chi connectivity index (χ0) is 10.6. The van der Waals surface area contributed by atoms with E-state index in [4.69, 9.17) is 4.42 Å². The van der Waals surface area contributed by atoms with Crippen LogP contribution >= 0.6 is 0 Å². The molecule has 0 radical (unpaired) electrons. The number of carbonyl (C=O) groups is 1. The number of aryl methyl sites for hydroxylation is 1. The van der Waals surface area contributed by atoms with Gasteiger partial charge < -0.3 is 9.15 Å². The number of furan rings is 1. The molecule has 1 rings (SSSR count). The van der Waals surface area contributed by atoms with Crippen molar-refractivity contribution in [1.82, 2.24) is 4.90 Å². The van der Waals surface area contributed by atoms with Crippen LogP contribution < -0.4 is 0 Å². The Labute approximate surface area is 83.5 Å². The van der Waals surface area contributed by atoms with Crippen LogP contribution in [0.15, 0.2) is 16.7 Å². The average Bonchev–Trinajstić information content (AvgIpc) is 2.51. The third-order valence-corrected chi connectivity index (χ3v) is 2.03. The first kappa shape index (κ1) is 10.8. The first-order valence-electron chi connectivity index (χ1n) is 4.42. The van der Waals surface area contributed by atoms with E-state index in [9.17, 15) is 4.79 Å². The Morgan fingerprint density at radius 2 is 2.36 bits per heavy atom. The lowest BCUT2D eigenvalue weighted by molar-refractivity contribution is -0.141. The summed E-state index contributed by atoms with van der Waals surface area (Å²) < 4.78 is 9.72. The Balaban J connectivity index is 2.45. The van der Waals surface area contributed by atoms with E-state index in [1.807, 2.05) is 24.9 Å². The third kappa shape index (κ3) is 2.88. The molecule has 4 nitrogen and oxygen atoms in total. The average molecular weight is 197 g/mol. The van der Waals surface area contributed by atoms with Crippen LogP contribution in [0.25, 0.3) is 0 Å². The van der Waals surface area contributed by atoms with Crippen LogP contribution in [0.1, 0.15) is 11.3 Å². The molecule has 0 saturated heterocycles. The summed E-state index contributed by atoms with van der Waals surface area (Å²) >= 11 is 0. The van der Waals surface area contributed by atoms with Gasteiger partial charge in [0.25, 0.3) is 0 Å². The number of methoxy groups -OCH3 is 1. The molecule has 0 aliphatic carbocycles. The van der Waals surface area contributed by atoms with Crippen molar-refractivity contribution in [3.63, 3.8) is 0 Å². The van der Waals surface area contributed by atoms with Crippen LogP contribution in [0.3, 0.4) is 0 Å². The lowest BCUT2D eigenvalue weighted by Gasteiger charge is -2.13. The van der Waals surface area contributed by atoms with Gasteiger partial charge in [-0.15, -0.1) is 0 Å². The second kappa shape index (κ2) is 4.81. The van der Waals surface area contributed by atoms with Gasteiger partial charge in [-0.2, -0.15) is 0 Å². The standard InChI is InChI=1S/C10H15NO3/c1-8-9(4-5-14-8)6-11(2)7-10(12)13-3/h4-5H,6-7H2,1-3H3. The first-order valence-corrected chi connectivity index (χ1v) is 4.42. The van der Waals surface area contributed by atoms with Crippen molar-refractivity contribution in [3.8, 4) is 0 Å². The van der Waals surface area contributed by atoms with E-state index in [-0.39, 0.29) is 5.97 Å². The molecule has 14 heavy (non-hydrogen) atoms. The third-order valence-electron chi connectivity index (χ3n) is 2.03. The van der Waals surface area contributed by atoms with Crippen LogP contribution in [-0.4, -0.2) is 31.6 Å². The monoisotopic (exact) mass is 197 g/mol. The van der Waals surface area contributed by atoms with E-state index in [2.05, 4.69) is 4.74 Å². The fourth-order valence-corrected chi connectivity index (χ4v) is 1.21. The van der Waals surface area contributed by atoms with Crippen molar-refractivity contribution in [2.45, 2.75) is 13.5 Å². The van der Waals surface area contributed by atoms with Gasteiger partial charge in [-0.3, -0.25) is 9.69 Å². The topological polar surface area (TPSA) is 42.7 Å². The van der Waals surface area contributed by atoms with Crippen molar-refractivity contribution >= 4 is 5.97 Å². The summed E-state index contributed by atoms with van der Waals surface area (Å²) in [7, 11) is 3.25. The maximum Gasteiger partial charge on any atom is 0.319 e. The Bertz CT molecular complexity index is 306. The fourth-order valence-electron chi connectivity index (χ4n) is 1.21. The lowest BCUT2D eigenvalue weighted by atomic mass is 10.2. The summed E-state index contributed by atoms with van der Waals surface area (Å²) in [5, 5.41) is 0. The Morgan fingerprint density at radius 1 is 1.64 bits per heavy atom. The molecule has 0 amide bonds. The molecule has 1 heterocycles. The summed E-state index contributed by atoms with van der Waals surface area (Å²) in [4.78, 5) is 12.8. The number of ether oxygens (including phenoxy) is 1. The van der Waals surface area contributed by atoms with Crippen molar-refractivity contribution in [3.05, 3.63) is 23.7 Å². The fraction of sp³-hybridized carbons (Fsp3) is 0.500. The normalized spacial score (nSPS) is 10.6. The maximum atomic E-state index is 10.9. The SMILES string of the molecule is COC(=O)CN(C)Cc1ccoc1C. The van der Waals surface area contributed by atoms with E-state index in [1.165, 1.54) is 7.11 Å². The van der Waals surface area contributed by atoms with E-state index in [1.54, 1.807) is 6.26 Å². The number of rotatable bonds is 4. The minimum absolute atomic E-state index is 0.228. The number of nitrogens with zero attached hydrogens (tertiary/aromatic N) is 1. The lowest BCUT2D eigenvalue weighted by Crippen LogP contribution is -2.26. The minimum atomic E-state index is -0.228. The highest BCUT2D eigenvalue weighted by Crippen LogP contribution is 2.10. The Kier molecular flexibility index (Phi) is 3.71. The summed E-state index contributed by atoms with van der Waals surface area (Å²) in [6, 6.07) is 1.91. The van der Waals surface area contributed by atoms with Crippen molar-refractivity contribution in [2.24, 2.45) is 0 Å². The van der Waals surface area contributed by atoms with Gasteiger partial charge in [-0.25, -0.2) is 0 Å². The molecule has 0 N–H and O–H groups in total. The number of likely N-dealkylation sites (N-methyl/N-ethyl adjacent to an activating group) is 1. The summed E-state index contributed by atoms with van der Waals surface area (Å²) in [5.41, 5.74) is 1.09. The van der Waals surface area contributed by atoms with Gasteiger partial charge in [0, 0.05) is 12.1 Å². The second-order valence-electron chi connectivity index (χ2n) is 3.25. The molecule has 0 unspecified atom stereocenters. The van der Waals surface area contributed by atoms with E-state index in [0.29, 0.717) is 13.1 Å². The number of hydrogen-bond donors (Lipinski definition) is 0. The van der Waals surface area contributed by atoms with E-state index < -0.39 is 0 Å². The highest BCUT2D eigenvalue weighted by Gasteiger charge is 2.09. The van der Waals surface area contributed by atoms with Crippen molar-refractivity contribution in [2.75, 3.05) is 20.7 Å². The smallest absolute Gasteiger partial charge is 0.319 e. The number of hydrogen-bond acceptors (Lipinski definition) is 4. The molecule has 78 valence electrons. The van der Waals surface area contributed by atoms with E-state index in [0.717, 1.165) is 11.3 Å². The van der Waals surface area contributed by atoms with E-state index >= 15 is 0 Å². The summed E-state index contributed by atoms with van der Waals surface area (Å²) in [5.74, 6) is 0.662. The molecular formula is C10H15NO3. The van der Waals surface area contributed by atoms with Crippen LogP contribution in [-0.2, 0) is 16.1 Å². The zero-order valence-corrected chi connectivity index (χ0v) is 8.74. The van der Waals surface area contributed by atoms with Gasteiger partial charge in [-0.1, -0.05) is 0 Å². The highest BCUT2D eigenvalue weighted by atomic mass is 16.5. The largest absolute Gasteiger partial charge is 0.469 e. The predicted molar refractivity (Wildman–Crippen MR) is 51.8 cm³/mol. The molecule has 0 aliphatic heterocycles. The zero-order valence-electron chi connectivity index (χ0n) is 8.74. The number of esters is 1. The summed E-state index contributed by atoms with van der Waals surface area (Å²) in [6.07, 6.45) is 1.65. The van der Waals surface area contributed by atoms with Crippen LogP contribution in [0.5, 0.6) is 0 Å². The predicted octanol–water partition coefficient (Wildman–Crippen LogP) is 1.19. The molecule has 1 aromatic rings. The molecule has 0 bridgehead atoms. The molecular weight excluding hydrogens is 182 g/mol. The number of carbonyl (C=O) groups excluding carboxylic acids is 1. The molecule has 1 aromatic heterocycles. The molecule has 0 spiro atoms. The Hall–Kier alpha value is -1.29. The van der Waals surface area contributed by atoms with Gasteiger partial charge in [-0.05, 0) is 20.0 Å². The minimum Gasteiger partial charge on any atom is -0.469 e. The first-order chi connectivity index (χ1) is 6.63. The summed E-state index contributed by atoms with van der Waals surface area (Å²) in [6.45, 7) is 2.89. The second-order valence-corrected chi connectivity index (χ2v) is 3.25. The highest BCUT2D eigenvalue weighted by molar-refractivity contribution is 5.71. The molecule has 0 aliphatic rings. The van der Waals surface area contributed by atoms with Gasteiger partial charge in [0.05, 0.1) is 19.9 Å². The molecule has 4 heteroatoms.